The van der Waals surface area contributed by atoms with Crippen LogP contribution in [0.4, 0.5) is 0 Å². The topological polar surface area (TPSA) is 61.4 Å². The number of piperidine rings is 1. The van der Waals surface area contributed by atoms with Crippen LogP contribution in [0.25, 0.3) is 0 Å². The third-order valence-electron chi connectivity index (χ3n) is 3.70. The van der Waals surface area contributed by atoms with Gasteiger partial charge in [0.2, 0.25) is 10.0 Å². The lowest BCUT2D eigenvalue weighted by Gasteiger charge is -2.37. The Kier molecular flexibility index (Phi) is 3.77. The van der Waals surface area contributed by atoms with Gasteiger partial charge in [-0.25, -0.2) is 8.42 Å². The van der Waals surface area contributed by atoms with Gasteiger partial charge in [0, 0.05) is 19.6 Å². The maximum atomic E-state index is 12.6. The molecule has 0 amide bonds. The van der Waals surface area contributed by atoms with E-state index < -0.39 is 14.8 Å². The summed E-state index contributed by atoms with van der Waals surface area (Å²) in [5, 5.41) is 6.54. The summed E-state index contributed by atoms with van der Waals surface area (Å²) in [5.41, 5.74) is 0. The second-order valence-electron chi connectivity index (χ2n) is 5.52. The Bertz CT molecular complexity index is 361. The van der Waals surface area contributed by atoms with Crippen LogP contribution in [0, 0.1) is 0 Å². The van der Waals surface area contributed by atoms with Gasteiger partial charge in [-0.3, -0.25) is 0 Å². The fourth-order valence-electron chi connectivity index (χ4n) is 2.51. The molecule has 0 aliphatic carbocycles. The molecule has 2 aliphatic heterocycles. The zero-order chi connectivity index (χ0) is 12.5. The molecule has 0 spiro atoms. The van der Waals surface area contributed by atoms with Gasteiger partial charge in [-0.15, -0.1) is 0 Å². The summed E-state index contributed by atoms with van der Waals surface area (Å²) in [4.78, 5) is 0. The Balaban J connectivity index is 2.24. The van der Waals surface area contributed by atoms with E-state index >= 15 is 0 Å². The molecule has 0 bridgehead atoms. The SMILES string of the molecule is CC1(C)CNCCN(C2CCCCN2)S1(=O)=O. The molecule has 6 heteroatoms. The summed E-state index contributed by atoms with van der Waals surface area (Å²) in [7, 11) is -3.23. The molecule has 0 aromatic rings. The van der Waals surface area contributed by atoms with Crippen molar-refractivity contribution in [2.45, 2.75) is 44.0 Å². The zero-order valence-corrected chi connectivity index (χ0v) is 11.5. The van der Waals surface area contributed by atoms with Gasteiger partial charge in [0.15, 0.2) is 0 Å². The summed E-state index contributed by atoms with van der Waals surface area (Å²) in [6.45, 7) is 6.36. The van der Waals surface area contributed by atoms with Gasteiger partial charge in [0.1, 0.15) is 0 Å². The summed E-state index contributed by atoms with van der Waals surface area (Å²) in [6, 6.07) is 0. The molecule has 2 N–H and O–H groups in total. The Morgan fingerprint density at radius 1 is 1.24 bits per heavy atom. The normalized spacial score (nSPS) is 34.1. The minimum atomic E-state index is -3.23. The van der Waals surface area contributed by atoms with Crippen LogP contribution in [0.2, 0.25) is 0 Å². The van der Waals surface area contributed by atoms with Gasteiger partial charge in [0.25, 0.3) is 0 Å². The highest BCUT2D eigenvalue weighted by atomic mass is 32.2. The minimum absolute atomic E-state index is 0.00655. The molecule has 2 saturated heterocycles. The van der Waals surface area contributed by atoms with Crippen LogP contribution in [0.3, 0.4) is 0 Å². The molecule has 100 valence electrons. The van der Waals surface area contributed by atoms with Crippen LogP contribution in [0.1, 0.15) is 33.1 Å². The Labute approximate surface area is 104 Å². The highest BCUT2D eigenvalue weighted by Crippen LogP contribution is 2.26. The van der Waals surface area contributed by atoms with Crippen LogP contribution in [-0.2, 0) is 10.0 Å². The van der Waals surface area contributed by atoms with Crippen molar-refractivity contribution in [3.8, 4) is 0 Å². The molecular formula is C11H23N3O2S. The van der Waals surface area contributed by atoms with Gasteiger partial charge in [-0.05, 0) is 39.7 Å². The largest absolute Gasteiger partial charge is 0.314 e. The first kappa shape index (κ1) is 13.3. The lowest BCUT2D eigenvalue weighted by molar-refractivity contribution is 0.231. The molecule has 0 aromatic heterocycles. The first-order valence-electron chi connectivity index (χ1n) is 6.41. The summed E-state index contributed by atoms with van der Waals surface area (Å²) in [6.07, 6.45) is 3.17. The average Bonchev–Trinajstić information content (AvgIpc) is 2.38. The molecule has 0 aromatic carbocycles. The van der Waals surface area contributed by atoms with Crippen LogP contribution in [-0.4, -0.2) is 49.8 Å². The zero-order valence-electron chi connectivity index (χ0n) is 10.7. The predicted octanol–water partition coefficient (Wildman–Crippen LogP) is 0.0996. The van der Waals surface area contributed by atoms with Crippen molar-refractivity contribution in [3.63, 3.8) is 0 Å². The Hall–Kier alpha value is -0.170. The van der Waals surface area contributed by atoms with Crippen molar-refractivity contribution in [1.29, 1.82) is 0 Å². The molecule has 1 atom stereocenters. The average molecular weight is 261 g/mol. The van der Waals surface area contributed by atoms with Gasteiger partial charge < -0.3 is 10.6 Å². The molecule has 2 heterocycles. The van der Waals surface area contributed by atoms with E-state index in [9.17, 15) is 8.42 Å². The monoisotopic (exact) mass is 261 g/mol. The molecule has 0 saturated carbocycles. The van der Waals surface area contributed by atoms with E-state index in [0.717, 1.165) is 32.4 Å². The summed E-state index contributed by atoms with van der Waals surface area (Å²) in [5.74, 6) is 0. The molecular weight excluding hydrogens is 238 g/mol. The van der Waals surface area contributed by atoms with Crippen LogP contribution in [0.15, 0.2) is 0 Å². The number of rotatable bonds is 1. The van der Waals surface area contributed by atoms with Crippen molar-refractivity contribution in [2.75, 3.05) is 26.2 Å². The lowest BCUT2D eigenvalue weighted by Crippen LogP contribution is -2.55. The molecule has 2 fully saturated rings. The number of hydrogen-bond acceptors (Lipinski definition) is 4. The predicted molar refractivity (Wildman–Crippen MR) is 68.2 cm³/mol. The third kappa shape index (κ3) is 2.50. The van der Waals surface area contributed by atoms with E-state index in [1.807, 2.05) is 0 Å². The first-order valence-corrected chi connectivity index (χ1v) is 7.85. The highest BCUT2D eigenvalue weighted by Gasteiger charge is 2.43. The number of hydrogen-bond donors (Lipinski definition) is 2. The molecule has 2 aliphatic rings. The van der Waals surface area contributed by atoms with E-state index in [1.165, 1.54) is 0 Å². The second kappa shape index (κ2) is 4.84. The maximum absolute atomic E-state index is 12.6. The first-order chi connectivity index (χ1) is 7.95. The molecule has 0 radical (unpaired) electrons. The van der Waals surface area contributed by atoms with Crippen molar-refractivity contribution < 1.29 is 8.42 Å². The van der Waals surface area contributed by atoms with Gasteiger partial charge >= 0.3 is 0 Å². The van der Waals surface area contributed by atoms with Crippen LogP contribution < -0.4 is 10.6 Å². The Morgan fingerprint density at radius 2 is 2.00 bits per heavy atom. The fraction of sp³-hybridized carbons (Fsp3) is 1.00. The van der Waals surface area contributed by atoms with Gasteiger partial charge in [-0.1, -0.05) is 0 Å². The van der Waals surface area contributed by atoms with Crippen LogP contribution in [0.5, 0.6) is 0 Å². The standard InChI is InChI=1S/C11H23N3O2S/c1-11(2)9-12-7-8-14(17(11,15)16)10-5-3-4-6-13-10/h10,12-13H,3-9H2,1-2H3. The van der Waals surface area contributed by atoms with E-state index in [4.69, 9.17) is 0 Å². The summed E-state index contributed by atoms with van der Waals surface area (Å²) >= 11 is 0. The van der Waals surface area contributed by atoms with E-state index in [1.54, 1.807) is 18.2 Å². The number of nitrogens with zero attached hydrogens (tertiary/aromatic N) is 1. The van der Waals surface area contributed by atoms with Crippen LogP contribution >= 0.6 is 0 Å². The van der Waals surface area contributed by atoms with Gasteiger partial charge in [0.05, 0.1) is 10.9 Å². The summed E-state index contributed by atoms with van der Waals surface area (Å²) < 4.78 is 26.2. The third-order valence-corrected chi connectivity index (χ3v) is 6.29. The number of nitrogens with one attached hydrogen (secondary N) is 2. The molecule has 17 heavy (non-hydrogen) atoms. The molecule has 5 nitrogen and oxygen atoms in total. The fourth-order valence-corrected chi connectivity index (χ4v) is 4.28. The Morgan fingerprint density at radius 3 is 2.65 bits per heavy atom. The highest BCUT2D eigenvalue weighted by molar-refractivity contribution is 7.90. The van der Waals surface area contributed by atoms with E-state index in [-0.39, 0.29) is 6.17 Å². The van der Waals surface area contributed by atoms with E-state index in [2.05, 4.69) is 10.6 Å². The van der Waals surface area contributed by atoms with Crippen molar-refractivity contribution >= 4 is 10.0 Å². The smallest absolute Gasteiger partial charge is 0.221 e. The van der Waals surface area contributed by atoms with Crippen molar-refractivity contribution in [3.05, 3.63) is 0 Å². The van der Waals surface area contributed by atoms with E-state index in [0.29, 0.717) is 13.1 Å². The quantitative estimate of drug-likeness (QED) is 0.703. The van der Waals surface area contributed by atoms with Gasteiger partial charge in [-0.2, -0.15) is 4.31 Å². The molecule has 1 unspecified atom stereocenters. The lowest BCUT2D eigenvalue weighted by atomic mass is 10.1. The minimum Gasteiger partial charge on any atom is -0.314 e. The second-order valence-corrected chi connectivity index (χ2v) is 8.04. The maximum Gasteiger partial charge on any atom is 0.221 e. The van der Waals surface area contributed by atoms with Crippen molar-refractivity contribution in [2.24, 2.45) is 0 Å². The number of sulfonamides is 1. The molecule has 2 rings (SSSR count). The van der Waals surface area contributed by atoms with Crippen molar-refractivity contribution in [1.82, 2.24) is 14.9 Å².